The van der Waals surface area contributed by atoms with E-state index in [1.807, 2.05) is 4.90 Å². The highest BCUT2D eigenvalue weighted by Crippen LogP contribution is 2.46. The molecule has 3 heteroatoms. The number of hydrogen-bond donors (Lipinski definition) is 1. The Labute approximate surface area is 66.5 Å². The van der Waals surface area contributed by atoms with Crippen LogP contribution >= 0.6 is 0 Å². The van der Waals surface area contributed by atoms with Crippen LogP contribution in [0, 0.1) is 0 Å². The molecule has 2 saturated heterocycles. The first-order valence-corrected chi connectivity index (χ1v) is 4.22. The molecule has 0 aromatic heterocycles. The van der Waals surface area contributed by atoms with Crippen molar-refractivity contribution in [2.75, 3.05) is 0 Å². The van der Waals surface area contributed by atoms with Crippen LogP contribution in [-0.4, -0.2) is 22.5 Å². The van der Waals surface area contributed by atoms with Crippen molar-refractivity contribution >= 4 is 6.03 Å². The number of amides is 2. The minimum atomic E-state index is -0.233. The molecule has 2 N–H and O–H groups in total. The quantitative estimate of drug-likeness (QED) is 0.557. The van der Waals surface area contributed by atoms with Gasteiger partial charge in [0.2, 0.25) is 0 Å². The lowest BCUT2D eigenvalue weighted by atomic mass is 9.69. The fourth-order valence-electron chi connectivity index (χ4n) is 2.64. The smallest absolute Gasteiger partial charge is 0.315 e. The van der Waals surface area contributed by atoms with E-state index in [-0.39, 0.29) is 11.6 Å². The summed E-state index contributed by atoms with van der Waals surface area (Å²) in [4.78, 5) is 12.8. The highest BCUT2D eigenvalue weighted by molar-refractivity contribution is 5.74. The van der Waals surface area contributed by atoms with Crippen LogP contribution in [0.3, 0.4) is 0 Å². The van der Waals surface area contributed by atoms with Crippen molar-refractivity contribution in [1.82, 2.24) is 4.90 Å². The molecule has 0 spiro atoms. The molecule has 2 heterocycles. The third kappa shape index (κ3) is 0.767. The van der Waals surface area contributed by atoms with Crippen LogP contribution in [0.25, 0.3) is 0 Å². The van der Waals surface area contributed by atoms with E-state index in [0.29, 0.717) is 6.04 Å². The van der Waals surface area contributed by atoms with Gasteiger partial charge in [-0.1, -0.05) is 0 Å². The van der Waals surface area contributed by atoms with Gasteiger partial charge in [-0.3, -0.25) is 0 Å². The molecule has 3 fully saturated rings. The van der Waals surface area contributed by atoms with Gasteiger partial charge in [0, 0.05) is 11.6 Å². The first-order valence-electron chi connectivity index (χ1n) is 4.22. The molecule has 2 amide bonds. The predicted molar refractivity (Wildman–Crippen MR) is 42.1 cm³/mol. The van der Waals surface area contributed by atoms with E-state index < -0.39 is 0 Å². The molecule has 1 saturated carbocycles. The second-order valence-corrected chi connectivity index (χ2v) is 3.96. The largest absolute Gasteiger partial charge is 0.351 e. The minimum absolute atomic E-state index is 0.120. The van der Waals surface area contributed by atoms with Gasteiger partial charge < -0.3 is 10.6 Å². The molecule has 11 heavy (non-hydrogen) atoms. The molecule has 2 unspecified atom stereocenters. The maximum atomic E-state index is 10.9. The van der Waals surface area contributed by atoms with E-state index in [1.165, 1.54) is 6.42 Å². The Morgan fingerprint density at radius 2 is 2.45 bits per heavy atom. The van der Waals surface area contributed by atoms with Crippen LogP contribution in [0.2, 0.25) is 0 Å². The van der Waals surface area contributed by atoms with Gasteiger partial charge in [-0.2, -0.15) is 0 Å². The molecule has 2 aliphatic heterocycles. The zero-order valence-corrected chi connectivity index (χ0v) is 6.84. The molecule has 3 rings (SSSR count). The predicted octanol–water partition coefficient (Wildman–Crippen LogP) is 1.08. The summed E-state index contributed by atoms with van der Waals surface area (Å²) in [5.41, 5.74) is 5.38. The number of carbonyl (C=O) groups is 1. The summed E-state index contributed by atoms with van der Waals surface area (Å²) in [5, 5.41) is 0. The fraction of sp³-hybridized carbons (Fsp3) is 0.875. The molecular weight excluding hydrogens is 140 g/mol. The van der Waals surface area contributed by atoms with E-state index in [2.05, 4.69) is 6.92 Å². The lowest BCUT2D eigenvalue weighted by molar-refractivity contribution is -0.0585. The molecule has 0 aromatic carbocycles. The molecule has 62 valence electrons. The molecule has 1 aliphatic carbocycles. The van der Waals surface area contributed by atoms with Gasteiger partial charge in [-0.25, -0.2) is 4.79 Å². The Kier molecular flexibility index (Phi) is 1.20. The van der Waals surface area contributed by atoms with Gasteiger partial charge in [0.05, 0.1) is 0 Å². The van der Waals surface area contributed by atoms with E-state index in [9.17, 15) is 4.79 Å². The number of urea groups is 1. The van der Waals surface area contributed by atoms with Crippen LogP contribution < -0.4 is 5.73 Å². The van der Waals surface area contributed by atoms with Gasteiger partial charge in [0.15, 0.2) is 0 Å². The molecule has 0 aromatic rings. The molecule has 3 nitrogen and oxygen atoms in total. The third-order valence-corrected chi connectivity index (χ3v) is 3.11. The van der Waals surface area contributed by atoms with Crippen LogP contribution in [0.4, 0.5) is 4.79 Å². The average molecular weight is 154 g/mol. The van der Waals surface area contributed by atoms with Crippen molar-refractivity contribution in [3.05, 3.63) is 0 Å². The second-order valence-electron chi connectivity index (χ2n) is 3.96. The van der Waals surface area contributed by atoms with E-state index in [4.69, 9.17) is 5.73 Å². The van der Waals surface area contributed by atoms with E-state index >= 15 is 0 Å². The lowest BCUT2D eigenvalue weighted by Crippen LogP contribution is -2.69. The van der Waals surface area contributed by atoms with Crippen molar-refractivity contribution in [2.24, 2.45) is 5.73 Å². The molecule has 2 bridgehead atoms. The second kappa shape index (κ2) is 1.90. The molecule has 0 radical (unpaired) electrons. The first kappa shape index (κ1) is 6.95. The fourth-order valence-corrected chi connectivity index (χ4v) is 2.64. The Bertz CT molecular complexity index is 200. The van der Waals surface area contributed by atoms with Crippen molar-refractivity contribution in [2.45, 2.75) is 44.2 Å². The summed E-state index contributed by atoms with van der Waals surface area (Å²) in [6.45, 7) is 2.13. The normalized spacial score (nSPS) is 41.5. The van der Waals surface area contributed by atoms with Crippen LogP contribution in [0.15, 0.2) is 0 Å². The highest BCUT2D eigenvalue weighted by atomic mass is 16.2. The zero-order chi connectivity index (χ0) is 8.06. The number of primary amides is 1. The van der Waals surface area contributed by atoms with E-state index in [0.717, 1.165) is 19.3 Å². The minimum Gasteiger partial charge on any atom is -0.351 e. The SMILES string of the molecule is CC12CCCC(C1)N2C(N)=O. The first-order chi connectivity index (χ1) is 5.13. The topological polar surface area (TPSA) is 46.3 Å². The van der Waals surface area contributed by atoms with Gasteiger partial charge >= 0.3 is 6.03 Å². The number of piperidine rings is 1. The van der Waals surface area contributed by atoms with Gasteiger partial charge in [-0.05, 0) is 32.6 Å². The van der Waals surface area contributed by atoms with Crippen molar-refractivity contribution in [1.29, 1.82) is 0 Å². The van der Waals surface area contributed by atoms with Gasteiger partial charge in [0.1, 0.15) is 0 Å². The Morgan fingerprint density at radius 1 is 1.73 bits per heavy atom. The number of nitrogens with zero attached hydrogens (tertiary/aromatic N) is 1. The third-order valence-electron chi connectivity index (χ3n) is 3.11. The summed E-state index contributed by atoms with van der Waals surface area (Å²) >= 11 is 0. The lowest BCUT2D eigenvalue weighted by Gasteiger charge is -2.60. The summed E-state index contributed by atoms with van der Waals surface area (Å²) in [5.74, 6) is 0. The maximum absolute atomic E-state index is 10.9. The van der Waals surface area contributed by atoms with Crippen molar-refractivity contribution in [3.63, 3.8) is 0 Å². The van der Waals surface area contributed by atoms with Crippen molar-refractivity contribution < 1.29 is 4.79 Å². The highest BCUT2D eigenvalue weighted by Gasteiger charge is 2.52. The van der Waals surface area contributed by atoms with Gasteiger partial charge in [-0.15, -0.1) is 0 Å². The van der Waals surface area contributed by atoms with Crippen LogP contribution in [0.5, 0.6) is 0 Å². The molecule has 2 atom stereocenters. The standard InChI is InChI=1S/C8H14N2O/c1-8-4-2-3-6(5-8)10(8)7(9)11/h6H,2-5H2,1H3,(H2,9,11). The number of fused-ring (bicyclic) bond motifs is 2. The van der Waals surface area contributed by atoms with Gasteiger partial charge in [0.25, 0.3) is 0 Å². The molecular formula is C8H14N2O. The Balaban J connectivity index is 2.17. The van der Waals surface area contributed by atoms with Crippen molar-refractivity contribution in [3.8, 4) is 0 Å². The summed E-state index contributed by atoms with van der Waals surface area (Å²) in [7, 11) is 0. The summed E-state index contributed by atoms with van der Waals surface area (Å²) in [6, 6.07) is 0.231. The maximum Gasteiger partial charge on any atom is 0.315 e. The van der Waals surface area contributed by atoms with Crippen LogP contribution in [0.1, 0.15) is 32.6 Å². The van der Waals surface area contributed by atoms with Crippen LogP contribution in [-0.2, 0) is 0 Å². The molecule has 3 aliphatic rings. The van der Waals surface area contributed by atoms with E-state index in [1.54, 1.807) is 0 Å². The number of carbonyl (C=O) groups excluding carboxylic acids is 1. The number of nitrogens with two attached hydrogens (primary N) is 1. The monoisotopic (exact) mass is 154 g/mol. The number of hydrogen-bond acceptors (Lipinski definition) is 1. The Morgan fingerprint density at radius 3 is 2.82 bits per heavy atom. The number of rotatable bonds is 0. The summed E-state index contributed by atoms with van der Waals surface area (Å²) < 4.78 is 0. The zero-order valence-electron chi connectivity index (χ0n) is 6.84. The summed E-state index contributed by atoms with van der Waals surface area (Å²) in [6.07, 6.45) is 4.70. The average Bonchev–Trinajstić information content (AvgIpc) is 1.85. The Hall–Kier alpha value is -0.730.